The fourth-order valence-corrected chi connectivity index (χ4v) is 5.42. The van der Waals surface area contributed by atoms with E-state index in [1.54, 1.807) is 24.3 Å². The van der Waals surface area contributed by atoms with Gasteiger partial charge in [-0.2, -0.15) is 13.2 Å². The van der Waals surface area contributed by atoms with Gasteiger partial charge in [0.2, 0.25) is 0 Å². The lowest BCUT2D eigenvalue weighted by molar-refractivity contribution is -0.143. The van der Waals surface area contributed by atoms with E-state index in [0.717, 1.165) is 34.5 Å². The van der Waals surface area contributed by atoms with Crippen LogP contribution in [0.3, 0.4) is 0 Å². The predicted molar refractivity (Wildman–Crippen MR) is 148 cm³/mol. The lowest BCUT2D eigenvalue weighted by Gasteiger charge is -2.13. The number of thiophene rings is 1. The van der Waals surface area contributed by atoms with Crippen molar-refractivity contribution in [3.05, 3.63) is 106 Å². The van der Waals surface area contributed by atoms with E-state index in [1.165, 1.54) is 29.8 Å². The third kappa shape index (κ3) is 4.97. The van der Waals surface area contributed by atoms with Crippen molar-refractivity contribution in [2.24, 2.45) is 0 Å². The molecule has 7 nitrogen and oxygen atoms in total. The molecule has 3 aromatic heterocycles. The standard InChI is InChI=1S/C28H14ClF5N6OS/c29-19-12-15(6-8-20(19)30)40-26(28(32,33)34)24(38-39-40)27(41)37-14-5-7-17(21(31)11-14)16-3-1-2-4-18(16)23-25-22(9-10-42-25)35-13-36-23/h1-13H,(H,37,41). The number of rotatable bonds is 5. The average molecular weight is 613 g/mol. The van der Waals surface area contributed by atoms with Gasteiger partial charge in [-0.15, -0.1) is 16.4 Å². The maximum absolute atomic E-state index is 15.5. The van der Waals surface area contributed by atoms with Gasteiger partial charge < -0.3 is 5.32 Å². The van der Waals surface area contributed by atoms with Crippen LogP contribution in [0, 0.1) is 11.6 Å². The summed E-state index contributed by atoms with van der Waals surface area (Å²) < 4.78 is 72.2. The Morgan fingerprint density at radius 2 is 1.69 bits per heavy atom. The third-order valence-corrected chi connectivity index (χ3v) is 7.44. The smallest absolute Gasteiger partial charge is 0.320 e. The second kappa shape index (κ2) is 10.6. The van der Waals surface area contributed by atoms with Gasteiger partial charge in [-0.1, -0.05) is 41.1 Å². The molecule has 0 fully saturated rings. The molecule has 1 amide bonds. The number of nitrogens with one attached hydrogen (secondary N) is 1. The van der Waals surface area contributed by atoms with Crippen LogP contribution in [0.2, 0.25) is 5.02 Å². The highest BCUT2D eigenvalue weighted by Gasteiger charge is 2.42. The first-order valence-electron chi connectivity index (χ1n) is 12.0. The van der Waals surface area contributed by atoms with E-state index in [1.807, 2.05) is 11.4 Å². The molecule has 3 aromatic carbocycles. The molecule has 0 aliphatic heterocycles. The molecular formula is C28H14ClF5N6OS. The number of alkyl halides is 3. The van der Waals surface area contributed by atoms with Gasteiger partial charge in [0.25, 0.3) is 5.91 Å². The number of hydrogen-bond acceptors (Lipinski definition) is 6. The van der Waals surface area contributed by atoms with Crippen LogP contribution in [0.5, 0.6) is 0 Å². The van der Waals surface area contributed by atoms with Crippen molar-refractivity contribution in [1.82, 2.24) is 25.0 Å². The van der Waals surface area contributed by atoms with E-state index in [2.05, 4.69) is 25.6 Å². The van der Waals surface area contributed by atoms with Gasteiger partial charge in [0.05, 0.1) is 26.6 Å². The van der Waals surface area contributed by atoms with Gasteiger partial charge in [0.1, 0.15) is 18.0 Å². The van der Waals surface area contributed by atoms with Gasteiger partial charge >= 0.3 is 6.18 Å². The second-order valence-corrected chi connectivity index (χ2v) is 10.2. The van der Waals surface area contributed by atoms with Crippen molar-refractivity contribution < 1.29 is 26.7 Å². The zero-order valence-corrected chi connectivity index (χ0v) is 22.4. The van der Waals surface area contributed by atoms with Crippen LogP contribution in [0.15, 0.2) is 78.4 Å². The van der Waals surface area contributed by atoms with Crippen LogP contribution in [-0.4, -0.2) is 30.9 Å². The van der Waals surface area contributed by atoms with Gasteiger partial charge in [0.15, 0.2) is 11.4 Å². The van der Waals surface area contributed by atoms with Crippen LogP contribution >= 0.6 is 22.9 Å². The minimum Gasteiger partial charge on any atom is -0.320 e. The van der Waals surface area contributed by atoms with Gasteiger partial charge in [-0.25, -0.2) is 23.4 Å². The Labute approximate surface area is 242 Å². The average Bonchev–Trinajstić information content (AvgIpc) is 3.63. The molecule has 0 bridgehead atoms. The van der Waals surface area contributed by atoms with Gasteiger partial charge in [-0.05, 0) is 53.4 Å². The summed E-state index contributed by atoms with van der Waals surface area (Å²) in [7, 11) is 0. The Hall–Kier alpha value is -4.75. The summed E-state index contributed by atoms with van der Waals surface area (Å²) in [6, 6.07) is 15.4. The maximum atomic E-state index is 15.5. The topological polar surface area (TPSA) is 85.6 Å². The zero-order valence-electron chi connectivity index (χ0n) is 20.8. The quantitative estimate of drug-likeness (QED) is 0.201. The number of amides is 1. The molecule has 1 N–H and O–H groups in total. The lowest BCUT2D eigenvalue weighted by Crippen LogP contribution is -2.21. The molecule has 0 unspecified atom stereocenters. The van der Waals surface area contributed by atoms with Crippen LogP contribution in [-0.2, 0) is 6.18 Å². The molecule has 6 rings (SSSR count). The molecule has 14 heteroatoms. The maximum Gasteiger partial charge on any atom is 0.435 e. The van der Waals surface area contributed by atoms with E-state index in [-0.39, 0.29) is 16.9 Å². The Bertz CT molecular complexity index is 1990. The van der Waals surface area contributed by atoms with Crippen molar-refractivity contribution in [1.29, 1.82) is 0 Å². The molecule has 42 heavy (non-hydrogen) atoms. The van der Waals surface area contributed by atoms with Crippen molar-refractivity contribution >= 4 is 44.7 Å². The van der Waals surface area contributed by atoms with E-state index in [0.29, 0.717) is 21.5 Å². The first-order chi connectivity index (χ1) is 20.1. The van der Waals surface area contributed by atoms with Crippen LogP contribution < -0.4 is 5.32 Å². The Morgan fingerprint density at radius 3 is 2.43 bits per heavy atom. The summed E-state index contributed by atoms with van der Waals surface area (Å²) in [5, 5.41) is 10.5. The highest BCUT2D eigenvalue weighted by molar-refractivity contribution is 7.17. The summed E-state index contributed by atoms with van der Waals surface area (Å²) in [4.78, 5) is 21.5. The molecular weight excluding hydrogens is 599 g/mol. The summed E-state index contributed by atoms with van der Waals surface area (Å²) in [5.74, 6) is -2.87. The molecule has 0 saturated heterocycles. The zero-order chi connectivity index (χ0) is 29.6. The molecule has 0 aliphatic rings. The number of hydrogen-bond donors (Lipinski definition) is 1. The highest BCUT2D eigenvalue weighted by Crippen LogP contribution is 2.38. The van der Waals surface area contributed by atoms with E-state index in [4.69, 9.17) is 11.6 Å². The van der Waals surface area contributed by atoms with Crippen LogP contribution in [0.25, 0.3) is 38.3 Å². The van der Waals surface area contributed by atoms with E-state index >= 15 is 4.39 Å². The summed E-state index contributed by atoms with van der Waals surface area (Å²) in [5.41, 5.74) is -0.255. The Balaban J connectivity index is 1.33. The normalized spacial score (nSPS) is 11.7. The first-order valence-corrected chi connectivity index (χ1v) is 13.2. The minimum absolute atomic E-state index is 0.117. The van der Waals surface area contributed by atoms with Crippen LogP contribution in [0.1, 0.15) is 16.2 Å². The van der Waals surface area contributed by atoms with Crippen molar-refractivity contribution in [2.75, 3.05) is 5.32 Å². The summed E-state index contributed by atoms with van der Waals surface area (Å²) in [6.07, 6.45) is -3.66. The number of benzene rings is 3. The lowest BCUT2D eigenvalue weighted by atomic mass is 9.96. The van der Waals surface area contributed by atoms with Crippen molar-refractivity contribution in [3.63, 3.8) is 0 Å². The third-order valence-electron chi connectivity index (χ3n) is 6.24. The fourth-order valence-electron chi connectivity index (χ4n) is 4.39. The van der Waals surface area contributed by atoms with E-state index in [9.17, 15) is 22.4 Å². The van der Waals surface area contributed by atoms with Gasteiger partial charge in [0, 0.05) is 16.8 Å². The van der Waals surface area contributed by atoms with Gasteiger partial charge in [-0.3, -0.25) is 4.79 Å². The number of halogens is 6. The molecule has 6 aromatic rings. The van der Waals surface area contributed by atoms with Crippen molar-refractivity contribution in [3.8, 4) is 28.1 Å². The second-order valence-electron chi connectivity index (χ2n) is 8.85. The largest absolute Gasteiger partial charge is 0.435 e. The van der Waals surface area contributed by atoms with E-state index < -0.39 is 40.1 Å². The number of aromatic nitrogens is 5. The van der Waals surface area contributed by atoms with Crippen LogP contribution in [0.4, 0.5) is 27.6 Å². The molecule has 3 heterocycles. The summed E-state index contributed by atoms with van der Waals surface area (Å²) in [6.45, 7) is 0. The molecule has 0 saturated carbocycles. The number of anilines is 1. The predicted octanol–water partition coefficient (Wildman–Crippen LogP) is 7.81. The molecule has 0 aliphatic carbocycles. The molecule has 0 radical (unpaired) electrons. The SMILES string of the molecule is O=C(Nc1ccc(-c2ccccc2-c2ncnc3ccsc23)c(F)c1)c1nnn(-c2ccc(F)c(Cl)c2)c1C(F)(F)F. The molecule has 0 atom stereocenters. The Morgan fingerprint density at radius 1 is 0.905 bits per heavy atom. The Kier molecular flexibility index (Phi) is 6.91. The van der Waals surface area contributed by atoms with Crippen molar-refractivity contribution in [2.45, 2.75) is 6.18 Å². The number of carbonyl (C=O) groups is 1. The molecule has 0 spiro atoms. The highest BCUT2D eigenvalue weighted by atomic mass is 35.5. The number of nitrogens with zero attached hydrogens (tertiary/aromatic N) is 5. The molecule has 210 valence electrons. The monoisotopic (exact) mass is 612 g/mol. The minimum atomic E-state index is -5.08. The first kappa shape index (κ1) is 27.4. The summed E-state index contributed by atoms with van der Waals surface area (Å²) >= 11 is 7.15. The number of carbonyl (C=O) groups excluding carboxylic acids is 1. The fraction of sp³-hybridized carbons (Fsp3) is 0.0357. The number of fused-ring (bicyclic) bond motifs is 1.